The van der Waals surface area contributed by atoms with Crippen LogP contribution in [-0.4, -0.2) is 24.3 Å². The van der Waals surface area contributed by atoms with Crippen LogP contribution >= 0.6 is 11.3 Å². The molecule has 3 amide bonds. The van der Waals surface area contributed by atoms with E-state index in [0.717, 1.165) is 37.1 Å². The number of hydrazine groups is 1. The van der Waals surface area contributed by atoms with Crippen LogP contribution in [0.15, 0.2) is 30.3 Å². The maximum Gasteiger partial charge on any atom is 0.279 e. The fourth-order valence-corrected chi connectivity index (χ4v) is 5.06. The average molecular weight is 412 g/mol. The van der Waals surface area contributed by atoms with Crippen molar-refractivity contribution in [3.8, 4) is 0 Å². The molecule has 2 aromatic rings. The second kappa shape index (κ2) is 8.78. The normalized spacial score (nSPS) is 16.3. The van der Waals surface area contributed by atoms with E-state index in [9.17, 15) is 14.4 Å². The first-order chi connectivity index (χ1) is 14.1. The Balaban J connectivity index is 1.28. The third-order valence-corrected chi connectivity index (χ3v) is 6.71. The van der Waals surface area contributed by atoms with Gasteiger partial charge in [-0.25, -0.2) is 0 Å². The third kappa shape index (κ3) is 4.67. The highest BCUT2D eigenvalue weighted by molar-refractivity contribution is 7.14. The van der Waals surface area contributed by atoms with Gasteiger partial charge in [-0.3, -0.25) is 25.2 Å². The van der Waals surface area contributed by atoms with Crippen molar-refractivity contribution in [3.05, 3.63) is 51.2 Å². The third-order valence-electron chi connectivity index (χ3n) is 5.47. The molecule has 0 radical (unpaired) electrons. The van der Waals surface area contributed by atoms with Crippen molar-refractivity contribution < 1.29 is 14.4 Å². The summed E-state index contributed by atoms with van der Waals surface area (Å²) in [7, 11) is 0. The van der Waals surface area contributed by atoms with Gasteiger partial charge in [-0.1, -0.05) is 18.6 Å². The Morgan fingerprint density at radius 2 is 1.76 bits per heavy atom. The molecule has 2 aliphatic rings. The van der Waals surface area contributed by atoms with Crippen LogP contribution in [0.25, 0.3) is 0 Å². The molecule has 2 heterocycles. The van der Waals surface area contributed by atoms with E-state index < -0.39 is 0 Å². The lowest BCUT2D eigenvalue weighted by Gasteiger charge is -2.15. The quantitative estimate of drug-likeness (QED) is 0.599. The lowest BCUT2D eigenvalue weighted by atomic mass is 10.1. The van der Waals surface area contributed by atoms with E-state index in [1.54, 1.807) is 4.90 Å². The molecule has 0 bridgehead atoms. The number of fused-ring (bicyclic) bond motifs is 1. The molecule has 152 valence electrons. The molecule has 1 aromatic carbocycles. The van der Waals surface area contributed by atoms with E-state index >= 15 is 0 Å². The SMILES string of the molecule is O=C(Cc1ccc(N2CCCC2=O)cc1)NNC(=O)c1cc2c(s1)CCCCC2. The van der Waals surface area contributed by atoms with Gasteiger partial charge in [-0.05, 0) is 61.4 Å². The first-order valence-corrected chi connectivity index (χ1v) is 11.0. The van der Waals surface area contributed by atoms with Gasteiger partial charge in [0, 0.05) is 23.5 Å². The summed E-state index contributed by atoms with van der Waals surface area (Å²) in [6.07, 6.45) is 7.31. The first-order valence-electron chi connectivity index (χ1n) is 10.2. The molecule has 4 rings (SSSR count). The summed E-state index contributed by atoms with van der Waals surface area (Å²) in [6.45, 7) is 0.747. The Kier molecular flexibility index (Phi) is 5.94. The van der Waals surface area contributed by atoms with E-state index in [1.165, 1.54) is 41.0 Å². The van der Waals surface area contributed by atoms with Gasteiger partial charge in [0.25, 0.3) is 5.91 Å². The number of thiophene rings is 1. The summed E-state index contributed by atoms with van der Waals surface area (Å²) >= 11 is 1.53. The Morgan fingerprint density at radius 3 is 2.52 bits per heavy atom. The average Bonchev–Trinajstić information content (AvgIpc) is 3.27. The van der Waals surface area contributed by atoms with Crippen molar-refractivity contribution in [3.63, 3.8) is 0 Å². The van der Waals surface area contributed by atoms with Crippen LogP contribution in [0.2, 0.25) is 0 Å². The largest absolute Gasteiger partial charge is 0.312 e. The molecule has 1 fully saturated rings. The Bertz CT molecular complexity index is 896. The van der Waals surface area contributed by atoms with Crippen LogP contribution in [-0.2, 0) is 28.9 Å². The van der Waals surface area contributed by atoms with Crippen molar-refractivity contribution >= 4 is 34.7 Å². The van der Waals surface area contributed by atoms with Crippen molar-refractivity contribution in [2.45, 2.75) is 51.4 Å². The highest BCUT2D eigenvalue weighted by Gasteiger charge is 2.21. The van der Waals surface area contributed by atoms with Crippen LogP contribution < -0.4 is 15.8 Å². The van der Waals surface area contributed by atoms with E-state index in [0.29, 0.717) is 11.3 Å². The zero-order valence-electron chi connectivity index (χ0n) is 16.3. The molecule has 0 atom stereocenters. The maximum atomic E-state index is 12.4. The van der Waals surface area contributed by atoms with Crippen molar-refractivity contribution in [1.82, 2.24) is 10.9 Å². The smallest absolute Gasteiger partial charge is 0.279 e. The predicted octanol–water partition coefficient (Wildman–Crippen LogP) is 3.15. The summed E-state index contributed by atoms with van der Waals surface area (Å²) in [5, 5.41) is 0. The van der Waals surface area contributed by atoms with Gasteiger partial charge in [0.2, 0.25) is 11.8 Å². The van der Waals surface area contributed by atoms with Crippen LogP contribution in [0, 0.1) is 0 Å². The molecule has 1 saturated heterocycles. The van der Waals surface area contributed by atoms with Crippen LogP contribution in [0.5, 0.6) is 0 Å². The summed E-state index contributed by atoms with van der Waals surface area (Å²) in [5.74, 6) is -0.398. The fourth-order valence-electron chi connectivity index (χ4n) is 3.91. The molecule has 0 unspecified atom stereocenters. The van der Waals surface area contributed by atoms with Crippen molar-refractivity contribution in [2.24, 2.45) is 0 Å². The molecular weight excluding hydrogens is 386 g/mol. The van der Waals surface area contributed by atoms with Crippen LogP contribution in [0.3, 0.4) is 0 Å². The number of aryl methyl sites for hydroxylation is 2. The van der Waals surface area contributed by atoms with Crippen molar-refractivity contribution in [1.29, 1.82) is 0 Å². The van der Waals surface area contributed by atoms with Gasteiger partial charge in [-0.2, -0.15) is 0 Å². The zero-order valence-corrected chi connectivity index (χ0v) is 17.1. The van der Waals surface area contributed by atoms with Gasteiger partial charge in [0.15, 0.2) is 0 Å². The summed E-state index contributed by atoms with van der Waals surface area (Å²) in [4.78, 5) is 40.1. The number of nitrogens with one attached hydrogen (secondary N) is 2. The minimum atomic E-state index is -0.276. The minimum absolute atomic E-state index is 0.143. The number of hydrogen-bond acceptors (Lipinski definition) is 4. The predicted molar refractivity (Wildman–Crippen MR) is 113 cm³/mol. The number of carbonyl (C=O) groups excluding carboxylic acids is 3. The lowest BCUT2D eigenvalue weighted by Crippen LogP contribution is -2.42. The zero-order chi connectivity index (χ0) is 20.2. The highest BCUT2D eigenvalue weighted by atomic mass is 32.1. The number of carbonyl (C=O) groups is 3. The molecular formula is C22H25N3O3S. The maximum absolute atomic E-state index is 12.4. The van der Waals surface area contributed by atoms with E-state index in [2.05, 4.69) is 10.9 Å². The molecule has 29 heavy (non-hydrogen) atoms. The van der Waals surface area contributed by atoms with Gasteiger partial charge >= 0.3 is 0 Å². The Hall–Kier alpha value is -2.67. The van der Waals surface area contributed by atoms with Crippen molar-refractivity contribution in [2.75, 3.05) is 11.4 Å². The molecule has 7 heteroatoms. The topological polar surface area (TPSA) is 78.5 Å². The van der Waals surface area contributed by atoms with Gasteiger partial charge in [0.1, 0.15) is 0 Å². The summed E-state index contributed by atoms with van der Waals surface area (Å²) in [5.41, 5.74) is 8.00. The van der Waals surface area contributed by atoms with E-state index in [-0.39, 0.29) is 24.1 Å². The number of hydrogen-bond donors (Lipinski definition) is 2. The van der Waals surface area contributed by atoms with E-state index in [1.807, 2.05) is 30.3 Å². The number of anilines is 1. The molecule has 2 N–H and O–H groups in total. The lowest BCUT2D eigenvalue weighted by molar-refractivity contribution is -0.121. The molecule has 1 aromatic heterocycles. The minimum Gasteiger partial charge on any atom is -0.312 e. The molecule has 1 aliphatic heterocycles. The van der Waals surface area contributed by atoms with Gasteiger partial charge < -0.3 is 4.90 Å². The second-order valence-corrected chi connectivity index (χ2v) is 8.75. The number of nitrogens with zero attached hydrogens (tertiary/aromatic N) is 1. The van der Waals surface area contributed by atoms with Gasteiger partial charge in [-0.15, -0.1) is 11.3 Å². The van der Waals surface area contributed by atoms with Crippen LogP contribution in [0.1, 0.15) is 57.8 Å². The Morgan fingerprint density at radius 1 is 0.966 bits per heavy atom. The number of benzene rings is 1. The fraction of sp³-hybridized carbons (Fsp3) is 0.409. The summed E-state index contributed by atoms with van der Waals surface area (Å²) < 4.78 is 0. The van der Waals surface area contributed by atoms with E-state index in [4.69, 9.17) is 0 Å². The Labute approximate surface area is 174 Å². The number of rotatable bonds is 4. The highest BCUT2D eigenvalue weighted by Crippen LogP contribution is 2.28. The van der Waals surface area contributed by atoms with Gasteiger partial charge in [0.05, 0.1) is 11.3 Å². The molecule has 6 nitrogen and oxygen atoms in total. The summed E-state index contributed by atoms with van der Waals surface area (Å²) in [6, 6.07) is 9.38. The molecule has 1 aliphatic carbocycles. The molecule has 0 saturated carbocycles. The standard InChI is InChI=1S/C22H25N3O3S/c26-20(13-15-8-10-17(11-9-15)25-12-4-7-21(25)27)23-24-22(28)19-14-16-5-2-1-3-6-18(16)29-19/h8-11,14H,1-7,12-13H2,(H,23,26)(H,24,28). The monoisotopic (exact) mass is 411 g/mol. The number of amides is 3. The van der Waals surface area contributed by atoms with Crippen LogP contribution in [0.4, 0.5) is 5.69 Å². The second-order valence-electron chi connectivity index (χ2n) is 7.61. The molecule has 0 spiro atoms. The first kappa shape index (κ1) is 19.6.